The Morgan fingerprint density at radius 3 is 1.98 bits per heavy atom. The van der Waals surface area contributed by atoms with E-state index in [1.54, 1.807) is 36.4 Å². The zero-order valence-electron chi connectivity index (χ0n) is 25.2. The van der Waals surface area contributed by atoms with Crippen LogP contribution < -0.4 is 9.62 Å². The first-order valence-corrected chi connectivity index (χ1v) is 16.4. The van der Waals surface area contributed by atoms with Crippen LogP contribution in [0.15, 0.2) is 114 Å². The molecular formula is C35H38ClN3O4S. The maximum Gasteiger partial charge on any atom is 0.264 e. The second-order valence-corrected chi connectivity index (χ2v) is 13.1. The van der Waals surface area contributed by atoms with Crippen molar-refractivity contribution in [3.63, 3.8) is 0 Å². The minimum absolute atomic E-state index is 0.0365. The summed E-state index contributed by atoms with van der Waals surface area (Å²) in [6.45, 7) is 5.28. The third kappa shape index (κ3) is 8.27. The quantitative estimate of drug-likeness (QED) is 0.185. The van der Waals surface area contributed by atoms with Crippen molar-refractivity contribution in [3.05, 3.63) is 131 Å². The highest BCUT2D eigenvalue weighted by atomic mass is 35.5. The fraction of sp³-hybridized carbons (Fsp3) is 0.257. The molecule has 4 aromatic carbocycles. The molecule has 2 atom stereocenters. The first-order chi connectivity index (χ1) is 21.1. The molecule has 0 aliphatic rings. The zero-order valence-corrected chi connectivity index (χ0v) is 26.8. The molecular weight excluding hydrogens is 594 g/mol. The Morgan fingerprint density at radius 2 is 1.41 bits per heavy atom. The van der Waals surface area contributed by atoms with Gasteiger partial charge in [-0.15, -0.1) is 0 Å². The maximum absolute atomic E-state index is 14.5. The summed E-state index contributed by atoms with van der Waals surface area (Å²) in [5.74, 6) is -0.825. The number of anilines is 1. The van der Waals surface area contributed by atoms with E-state index in [4.69, 9.17) is 11.6 Å². The summed E-state index contributed by atoms with van der Waals surface area (Å²) in [7, 11) is -4.19. The summed E-state index contributed by atoms with van der Waals surface area (Å²) in [6, 6.07) is 30.7. The molecule has 0 aromatic heterocycles. The van der Waals surface area contributed by atoms with Gasteiger partial charge < -0.3 is 10.2 Å². The number of halogens is 1. The minimum atomic E-state index is -4.19. The molecule has 230 valence electrons. The van der Waals surface area contributed by atoms with Crippen LogP contribution >= 0.6 is 11.6 Å². The number of nitrogens with one attached hydrogen (secondary N) is 1. The molecule has 0 aliphatic carbocycles. The number of sulfonamides is 1. The van der Waals surface area contributed by atoms with Crippen LogP contribution in [0.2, 0.25) is 5.02 Å². The van der Waals surface area contributed by atoms with Crippen molar-refractivity contribution in [1.29, 1.82) is 0 Å². The Hall–Kier alpha value is -4.14. The van der Waals surface area contributed by atoms with Crippen molar-refractivity contribution in [2.45, 2.75) is 57.1 Å². The third-order valence-electron chi connectivity index (χ3n) is 7.52. The Bertz CT molecular complexity index is 1650. The number of rotatable bonds is 13. The number of carbonyl (C=O) groups is 2. The van der Waals surface area contributed by atoms with E-state index in [1.807, 2.05) is 81.4 Å². The maximum atomic E-state index is 14.5. The highest BCUT2D eigenvalue weighted by Gasteiger charge is 2.35. The van der Waals surface area contributed by atoms with Crippen LogP contribution in [0.3, 0.4) is 0 Å². The SMILES string of the molecule is CCC(C)NC(=O)C(Cc1ccccc1)N(Cc1ccccc1)C(=O)CN(c1ccc(C)c(Cl)c1)S(=O)(=O)c1ccccc1. The van der Waals surface area contributed by atoms with E-state index in [1.165, 1.54) is 17.0 Å². The van der Waals surface area contributed by atoms with E-state index in [0.29, 0.717) is 11.4 Å². The third-order valence-corrected chi connectivity index (χ3v) is 9.72. The van der Waals surface area contributed by atoms with Crippen LogP contribution in [0, 0.1) is 6.92 Å². The first-order valence-electron chi connectivity index (χ1n) is 14.6. The van der Waals surface area contributed by atoms with Gasteiger partial charge in [-0.3, -0.25) is 13.9 Å². The van der Waals surface area contributed by atoms with Crippen molar-refractivity contribution in [1.82, 2.24) is 10.2 Å². The minimum Gasteiger partial charge on any atom is -0.352 e. The van der Waals surface area contributed by atoms with Gasteiger partial charge in [-0.2, -0.15) is 0 Å². The smallest absolute Gasteiger partial charge is 0.264 e. The van der Waals surface area contributed by atoms with E-state index < -0.39 is 28.5 Å². The summed E-state index contributed by atoms with van der Waals surface area (Å²) < 4.78 is 29.2. The number of carbonyl (C=O) groups excluding carboxylic acids is 2. The van der Waals surface area contributed by atoms with Crippen molar-refractivity contribution < 1.29 is 18.0 Å². The topological polar surface area (TPSA) is 86.8 Å². The summed E-state index contributed by atoms with van der Waals surface area (Å²) in [5, 5.41) is 3.42. The lowest BCUT2D eigenvalue weighted by molar-refractivity contribution is -0.140. The van der Waals surface area contributed by atoms with E-state index in [9.17, 15) is 18.0 Å². The standard InChI is InChI=1S/C35H38ClN3O4S/c1-4-27(3)37-35(41)33(22-28-14-8-5-9-15-28)38(24-29-16-10-6-11-17-29)34(40)25-39(30-21-20-26(2)32(36)23-30)44(42,43)31-18-12-7-13-19-31/h5-21,23,27,33H,4,22,24-25H2,1-3H3,(H,37,41). The van der Waals surface area contributed by atoms with E-state index in [-0.39, 0.29) is 35.5 Å². The largest absolute Gasteiger partial charge is 0.352 e. The molecule has 2 amide bonds. The Kier molecular flexibility index (Phi) is 11.2. The van der Waals surface area contributed by atoms with Gasteiger partial charge in [0.1, 0.15) is 12.6 Å². The molecule has 44 heavy (non-hydrogen) atoms. The van der Waals surface area contributed by atoms with Crippen LogP contribution in [0.25, 0.3) is 0 Å². The molecule has 0 aliphatic heterocycles. The lowest BCUT2D eigenvalue weighted by Crippen LogP contribution is -2.54. The molecule has 0 bridgehead atoms. The van der Waals surface area contributed by atoms with Crippen LogP contribution in [-0.2, 0) is 32.6 Å². The summed E-state index contributed by atoms with van der Waals surface area (Å²) in [6.07, 6.45) is 0.969. The van der Waals surface area contributed by atoms with E-state index >= 15 is 0 Å². The van der Waals surface area contributed by atoms with Crippen molar-refractivity contribution in [3.8, 4) is 0 Å². The zero-order chi connectivity index (χ0) is 31.7. The molecule has 0 saturated heterocycles. The van der Waals surface area contributed by atoms with Gasteiger partial charge in [-0.05, 0) is 61.2 Å². The fourth-order valence-corrected chi connectivity index (χ4v) is 6.36. The fourth-order valence-electron chi connectivity index (χ4n) is 4.76. The average molecular weight is 632 g/mol. The monoisotopic (exact) mass is 631 g/mol. The highest BCUT2D eigenvalue weighted by Crippen LogP contribution is 2.29. The normalized spacial score (nSPS) is 12.6. The Morgan fingerprint density at radius 1 is 0.841 bits per heavy atom. The number of benzene rings is 4. The second kappa shape index (κ2) is 15.0. The van der Waals surface area contributed by atoms with Gasteiger partial charge in [0.05, 0.1) is 10.6 Å². The number of hydrogen-bond donors (Lipinski definition) is 1. The lowest BCUT2D eigenvalue weighted by Gasteiger charge is -2.34. The molecule has 4 aromatic rings. The predicted octanol–water partition coefficient (Wildman–Crippen LogP) is 6.40. The van der Waals surface area contributed by atoms with Crippen molar-refractivity contribution in [2.75, 3.05) is 10.8 Å². The van der Waals surface area contributed by atoms with E-state index in [2.05, 4.69) is 5.32 Å². The predicted molar refractivity (Wildman–Crippen MR) is 176 cm³/mol. The van der Waals surface area contributed by atoms with Gasteiger partial charge in [0.15, 0.2) is 0 Å². The molecule has 1 N–H and O–H groups in total. The molecule has 4 rings (SSSR count). The van der Waals surface area contributed by atoms with Gasteiger partial charge in [-0.1, -0.05) is 103 Å². The number of aryl methyl sites for hydroxylation is 1. The first kappa shape index (κ1) is 32.8. The van der Waals surface area contributed by atoms with Gasteiger partial charge >= 0.3 is 0 Å². The molecule has 7 nitrogen and oxygen atoms in total. The number of amides is 2. The van der Waals surface area contributed by atoms with Crippen LogP contribution in [-0.4, -0.2) is 43.8 Å². The van der Waals surface area contributed by atoms with E-state index in [0.717, 1.165) is 21.0 Å². The van der Waals surface area contributed by atoms with Gasteiger partial charge in [0.25, 0.3) is 10.0 Å². The molecule has 9 heteroatoms. The van der Waals surface area contributed by atoms with Gasteiger partial charge in [0.2, 0.25) is 11.8 Å². The van der Waals surface area contributed by atoms with Crippen molar-refractivity contribution in [2.24, 2.45) is 0 Å². The van der Waals surface area contributed by atoms with Crippen LogP contribution in [0.4, 0.5) is 5.69 Å². The Balaban J connectivity index is 1.80. The highest BCUT2D eigenvalue weighted by molar-refractivity contribution is 7.92. The lowest BCUT2D eigenvalue weighted by atomic mass is 10.0. The van der Waals surface area contributed by atoms with Crippen LogP contribution in [0.5, 0.6) is 0 Å². The molecule has 0 spiro atoms. The Labute approximate surface area is 265 Å². The molecule has 0 saturated carbocycles. The second-order valence-electron chi connectivity index (χ2n) is 10.8. The molecule has 0 radical (unpaired) electrons. The van der Waals surface area contributed by atoms with Crippen molar-refractivity contribution >= 4 is 39.1 Å². The summed E-state index contributed by atoms with van der Waals surface area (Å²) in [4.78, 5) is 29.8. The summed E-state index contributed by atoms with van der Waals surface area (Å²) in [5.41, 5.74) is 2.71. The van der Waals surface area contributed by atoms with Crippen LogP contribution in [0.1, 0.15) is 37.0 Å². The number of hydrogen-bond acceptors (Lipinski definition) is 4. The van der Waals surface area contributed by atoms with Gasteiger partial charge in [-0.25, -0.2) is 8.42 Å². The number of nitrogens with zero attached hydrogens (tertiary/aromatic N) is 2. The molecule has 2 unspecified atom stereocenters. The van der Waals surface area contributed by atoms with Gasteiger partial charge in [0, 0.05) is 24.0 Å². The summed E-state index contributed by atoms with van der Waals surface area (Å²) >= 11 is 6.44. The molecule has 0 heterocycles. The average Bonchev–Trinajstić information content (AvgIpc) is 3.04. The molecule has 0 fully saturated rings.